The molecule has 6 nitrogen and oxygen atoms in total. The summed E-state index contributed by atoms with van der Waals surface area (Å²) in [4.78, 5) is 23.5. The smallest absolute Gasteiger partial charge is 0.407 e. The molecule has 0 unspecified atom stereocenters. The third-order valence-electron chi connectivity index (χ3n) is 3.07. The van der Waals surface area contributed by atoms with Gasteiger partial charge >= 0.3 is 6.09 Å². The van der Waals surface area contributed by atoms with E-state index in [1.165, 1.54) is 0 Å². The second-order valence-electron chi connectivity index (χ2n) is 6.36. The van der Waals surface area contributed by atoms with Gasteiger partial charge in [-0.05, 0) is 61.3 Å². The third kappa shape index (κ3) is 7.21. The van der Waals surface area contributed by atoms with E-state index in [1.54, 1.807) is 27.9 Å². The zero-order valence-corrected chi connectivity index (χ0v) is 16.3. The molecule has 0 bridgehead atoms. The van der Waals surface area contributed by atoms with Gasteiger partial charge in [0, 0.05) is 13.0 Å². The fourth-order valence-electron chi connectivity index (χ4n) is 1.94. The predicted molar refractivity (Wildman–Crippen MR) is 96.1 cm³/mol. The summed E-state index contributed by atoms with van der Waals surface area (Å²) in [6.45, 7) is 7.48. The highest BCUT2D eigenvalue weighted by Gasteiger charge is 2.16. The lowest BCUT2D eigenvalue weighted by Crippen LogP contribution is -2.35. The highest BCUT2D eigenvalue weighted by atomic mass is 79.9. The first kappa shape index (κ1) is 20.3. The summed E-state index contributed by atoms with van der Waals surface area (Å²) < 4.78 is 11.1. The number of alkyl carbamates (subject to hydrolysis) is 1. The molecule has 0 spiro atoms. The van der Waals surface area contributed by atoms with Crippen LogP contribution in [0, 0.1) is 0 Å². The summed E-state index contributed by atoms with van der Waals surface area (Å²) in [5.74, 6) is 0.587. The highest BCUT2D eigenvalue weighted by Crippen LogP contribution is 2.27. The first-order valence-corrected chi connectivity index (χ1v) is 8.51. The van der Waals surface area contributed by atoms with Crippen molar-refractivity contribution in [1.29, 1.82) is 0 Å². The molecule has 1 atom stereocenters. The molecule has 0 aliphatic heterocycles. The monoisotopic (exact) mass is 400 g/mol. The van der Waals surface area contributed by atoms with Gasteiger partial charge in [0.25, 0.3) is 0 Å². The molecule has 0 aliphatic rings. The van der Waals surface area contributed by atoms with Crippen molar-refractivity contribution in [3.05, 3.63) is 28.2 Å². The summed E-state index contributed by atoms with van der Waals surface area (Å²) in [5, 5.41) is 5.45. The molecular formula is C17H25BrN2O4. The number of rotatable bonds is 6. The summed E-state index contributed by atoms with van der Waals surface area (Å²) >= 11 is 3.42. The van der Waals surface area contributed by atoms with Crippen LogP contribution in [0.5, 0.6) is 5.75 Å². The first-order chi connectivity index (χ1) is 11.1. The van der Waals surface area contributed by atoms with Gasteiger partial charge in [-0.2, -0.15) is 0 Å². The van der Waals surface area contributed by atoms with Gasteiger partial charge in [0.1, 0.15) is 11.4 Å². The van der Waals surface area contributed by atoms with Gasteiger partial charge in [-0.3, -0.25) is 4.79 Å². The lowest BCUT2D eigenvalue weighted by molar-refractivity contribution is -0.121. The van der Waals surface area contributed by atoms with Crippen LogP contribution < -0.4 is 15.4 Å². The van der Waals surface area contributed by atoms with E-state index in [0.29, 0.717) is 0 Å². The van der Waals surface area contributed by atoms with E-state index in [0.717, 1.165) is 15.8 Å². The molecular weight excluding hydrogens is 376 g/mol. The van der Waals surface area contributed by atoms with Crippen molar-refractivity contribution in [2.45, 2.75) is 45.8 Å². The molecule has 0 fully saturated rings. The second kappa shape index (κ2) is 8.92. The number of ether oxygens (including phenoxy) is 2. The van der Waals surface area contributed by atoms with Crippen molar-refractivity contribution >= 4 is 27.9 Å². The highest BCUT2D eigenvalue weighted by molar-refractivity contribution is 9.10. The number of amides is 2. The Morgan fingerprint density at radius 2 is 1.96 bits per heavy atom. The molecule has 0 saturated carbocycles. The van der Waals surface area contributed by atoms with Crippen molar-refractivity contribution < 1.29 is 19.1 Å². The molecule has 0 saturated heterocycles. The van der Waals surface area contributed by atoms with Crippen LogP contribution in [0.1, 0.15) is 45.7 Å². The minimum atomic E-state index is -0.553. The summed E-state index contributed by atoms with van der Waals surface area (Å²) in [5.41, 5.74) is 0.402. The van der Waals surface area contributed by atoms with Gasteiger partial charge < -0.3 is 20.1 Å². The van der Waals surface area contributed by atoms with E-state index in [4.69, 9.17) is 9.47 Å². The number of hydrogen-bond donors (Lipinski definition) is 2. The van der Waals surface area contributed by atoms with Crippen molar-refractivity contribution in [3.8, 4) is 5.75 Å². The molecule has 134 valence electrons. The van der Waals surface area contributed by atoms with Crippen LogP contribution in [-0.2, 0) is 9.53 Å². The van der Waals surface area contributed by atoms with Crippen LogP contribution in [0.15, 0.2) is 22.7 Å². The van der Waals surface area contributed by atoms with Crippen molar-refractivity contribution in [2.75, 3.05) is 13.7 Å². The topological polar surface area (TPSA) is 76.7 Å². The summed E-state index contributed by atoms with van der Waals surface area (Å²) in [6.07, 6.45) is -0.344. The molecule has 0 heterocycles. The number of methoxy groups -OCH3 is 1. The van der Waals surface area contributed by atoms with Gasteiger partial charge in [-0.1, -0.05) is 6.07 Å². The number of carbonyl (C=O) groups is 2. The molecule has 2 N–H and O–H groups in total. The average Bonchev–Trinajstić information content (AvgIpc) is 2.45. The lowest BCUT2D eigenvalue weighted by Gasteiger charge is -2.20. The zero-order valence-electron chi connectivity index (χ0n) is 14.7. The van der Waals surface area contributed by atoms with E-state index < -0.39 is 11.7 Å². The average molecular weight is 401 g/mol. The summed E-state index contributed by atoms with van der Waals surface area (Å²) in [7, 11) is 1.60. The van der Waals surface area contributed by atoms with E-state index in [-0.39, 0.29) is 24.9 Å². The van der Waals surface area contributed by atoms with E-state index in [2.05, 4.69) is 26.6 Å². The SMILES string of the molecule is COc1ccc([C@H](C)NC(=O)CCNC(=O)OC(C)(C)C)cc1Br. The maximum Gasteiger partial charge on any atom is 0.407 e. The predicted octanol–water partition coefficient (Wildman–Crippen LogP) is 3.55. The molecule has 0 aromatic heterocycles. The number of nitrogens with one attached hydrogen (secondary N) is 2. The van der Waals surface area contributed by atoms with Gasteiger partial charge in [0.15, 0.2) is 0 Å². The van der Waals surface area contributed by atoms with Crippen LogP contribution in [-0.4, -0.2) is 31.3 Å². The molecule has 7 heteroatoms. The minimum absolute atomic E-state index is 0.148. The normalized spacial score (nSPS) is 12.2. The van der Waals surface area contributed by atoms with Gasteiger partial charge in [0.05, 0.1) is 17.6 Å². The quantitative estimate of drug-likeness (QED) is 0.765. The van der Waals surface area contributed by atoms with Gasteiger partial charge in [0.2, 0.25) is 5.91 Å². The Balaban J connectivity index is 2.42. The standard InChI is InChI=1S/C17H25BrN2O4/c1-11(12-6-7-14(23-5)13(18)10-12)20-15(21)8-9-19-16(22)24-17(2,3)4/h6-7,10-11H,8-9H2,1-5H3,(H,19,22)(H,20,21)/t11-/m0/s1. The Labute approximate surface area is 151 Å². The van der Waals surface area contributed by atoms with Crippen LogP contribution >= 0.6 is 15.9 Å². The Kier molecular flexibility index (Phi) is 7.54. The van der Waals surface area contributed by atoms with Crippen molar-refractivity contribution in [3.63, 3.8) is 0 Å². The van der Waals surface area contributed by atoms with Crippen LogP contribution in [0.25, 0.3) is 0 Å². The number of benzene rings is 1. The Morgan fingerprint density at radius 3 is 2.50 bits per heavy atom. The molecule has 1 aromatic carbocycles. The number of halogens is 1. The summed E-state index contributed by atoms with van der Waals surface area (Å²) in [6, 6.07) is 5.49. The number of hydrogen-bond acceptors (Lipinski definition) is 4. The largest absolute Gasteiger partial charge is 0.496 e. The molecule has 24 heavy (non-hydrogen) atoms. The third-order valence-corrected chi connectivity index (χ3v) is 3.69. The Hall–Kier alpha value is -1.76. The zero-order chi connectivity index (χ0) is 18.3. The van der Waals surface area contributed by atoms with Crippen molar-refractivity contribution in [2.24, 2.45) is 0 Å². The van der Waals surface area contributed by atoms with Crippen LogP contribution in [0.4, 0.5) is 4.79 Å². The van der Waals surface area contributed by atoms with Crippen LogP contribution in [0.3, 0.4) is 0 Å². The van der Waals surface area contributed by atoms with Crippen LogP contribution in [0.2, 0.25) is 0 Å². The minimum Gasteiger partial charge on any atom is -0.496 e. The van der Waals surface area contributed by atoms with E-state index >= 15 is 0 Å². The Bertz CT molecular complexity index is 584. The Morgan fingerprint density at radius 1 is 1.29 bits per heavy atom. The maximum atomic E-state index is 12.0. The fourth-order valence-corrected chi connectivity index (χ4v) is 2.50. The molecule has 0 aliphatic carbocycles. The molecule has 1 aromatic rings. The molecule has 0 radical (unpaired) electrons. The fraction of sp³-hybridized carbons (Fsp3) is 0.529. The first-order valence-electron chi connectivity index (χ1n) is 7.72. The van der Waals surface area contributed by atoms with Crippen molar-refractivity contribution in [1.82, 2.24) is 10.6 Å². The van der Waals surface area contributed by atoms with Gasteiger partial charge in [-0.15, -0.1) is 0 Å². The van der Waals surface area contributed by atoms with E-state index in [9.17, 15) is 9.59 Å². The molecule has 1 rings (SSSR count). The second-order valence-corrected chi connectivity index (χ2v) is 7.22. The number of carbonyl (C=O) groups excluding carboxylic acids is 2. The molecule has 2 amide bonds. The van der Waals surface area contributed by atoms with E-state index in [1.807, 2.05) is 25.1 Å². The maximum absolute atomic E-state index is 12.0. The van der Waals surface area contributed by atoms with Gasteiger partial charge in [-0.25, -0.2) is 4.79 Å². The lowest BCUT2D eigenvalue weighted by atomic mass is 10.1.